The Morgan fingerprint density at radius 1 is 0.960 bits per heavy atom. The standard InChI is InChI=1S/C44H74N2O3S/c1-10-12-13-14-15-16-29-46(42(48)50-33(5)45(8)9)30-26-41(47)49-36-24-27-43(6)35(31-36)20-21-37-39-23-22-38(44(39,7)28-25-40(37)43)34(11-2)19-17-18-32(3)4/h2,20,32-34,36-40H,10,12-19,21-31H2,1,3-9H3/t33?,34-,36+,37?,38-,39?,40?,43+,44-/m1/s1. The lowest BCUT2D eigenvalue weighted by molar-refractivity contribution is -0.151. The number of rotatable bonds is 18. The highest BCUT2D eigenvalue weighted by molar-refractivity contribution is 8.13. The van der Waals surface area contributed by atoms with Crippen LogP contribution < -0.4 is 0 Å². The van der Waals surface area contributed by atoms with E-state index in [0.29, 0.717) is 30.3 Å². The molecule has 0 N–H and O–H groups in total. The lowest BCUT2D eigenvalue weighted by atomic mass is 9.47. The maximum Gasteiger partial charge on any atom is 0.307 e. The van der Waals surface area contributed by atoms with Gasteiger partial charge in [0, 0.05) is 25.4 Å². The number of thioether (sulfide) groups is 1. The summed E-state index contributed by atoms with van der Waals surface area (Å²) < 4.78 is 6.17. The molecular weight excluding hydrogens is 637 g/mol. The van der Waals surface area contributed by atoms with Gasteiger partial charge in [0.2, 0.25) is 0 Å². The van der Waals surface area contributed by atoms with E-state index in [1.54, 1.807) is 5.57 Å². The molecular formula is C44H74N2O3S. The van der Waals surface area contributed by atoms with Crippen molar-refractivity contribution in [2.75, 3.05) is 27.2 Å². The molecule has 3 saturated carbocycles. The van der Waals surface area contributed by atoms with E-state index in [9.17, 15) is 9.59 Å². The van der Waals surface area contributed by atoms with Gasteiger partial charge in [0.25, 0.3) is 5.24 Å². The van der Waals surface area contributed by atoms with Crippen molar-refractivity contribution in [2.24, 2.45) is 46.3 Å². The number of unbranched alkanes of at least 4 members (excludes halogenated alkanes) is 5. The van der Waals surface area contributed by atoms with Crippen LogP contribution in [0.3, 0.4) is 0 Å². The first-order valence-corrected chi connectivity index (χ1v) is 21.7. The maximum absolute atomic E-state index is 13.2. The number of allylic oxidation sites excluding steroid dienone is 1. The number of terminal acetylenes is 1. The Hall–Kier alpha value is -1.45. The molecule has 4 aliphatic carbocycles. The predicted molar refractivity (Wildman–Crippen MR) is 212 cm³/mol. The SMILES string of the molecule is C#C[C@H](CCCC(C)C)[C@H]1CCC2C3CC=C4C[C@@H](OC(=O)CCN(CCCCCCCC)C(=O)SC(C)N(C)C)CC[C@]4(C)C3CC[C@@]21C. The number of nitrogens with zero attached hydrogens (tertiary/aromatic N) is 2. The Morgan fingerprint density at radius 3 is 2.40 bits per heavy atom. The summed E-state index contributed by atoms with van der Waals surface area (Å²) in [6.07, 6.45) is 29.2. The normalized spacial score (nSPS) is 31.6. The summed E-state index contributed by atoms with van der Waals surface area (Å²) in [6, 6.07) is 0. The first kappa shape index (κ1) is 41.3. The minimum absolute atomic E-state index is 0.0452. The molecule has 0 saturated heterocycles. The average Bonchev–Trinajstić information content (AvgIpc) is 3.42. The second-order valence-electron chi connectivity index (χ2n) is 17.9. The van der Waals surface area contributed by atoms with E-state index >= 15 is 0 Å². The second kappa shape index (κ2) is 19.0. The quantitative estimate of drug-likeness (QED) is 0.0466. The highest BCUT2D eigenvalue weighted by Gasteiger charge is 2.59. The van der Waals surface area contributed by atoms with Gasteiger partial charge in [-0.3, -0.25) is 14.5 Å². The Kier molecular flexibility index (Phi) is 15.7. The van der Waals surface area contributed by atoms with Crippen molar-refractivity contribution in [3.63, 3.8) is 0 Å². The van der Waals surface area contributed by atoms with Crippen molar-refractivity contribution in [1.29, 1.82) is 0 Å². The number of fused-ring (bicyclic) bond motifs is 5. The number of amides is 1. The monoisotopic (exact) mass is 711 g/mol. The van der Waals surface area contributed by atoms with Crippen LogP contribution in [0.25, 0.3) is 0 Å². The summed E-state index contributed by atoms with van der Waals surface area (Å²) in [4.78, 5) is 30.4. The van der Waals surface area contributed by atoms with Gasteiger partial charge in [0.1, 0.15) is 6.10 Å². The van der Waals surface area contributed by atoms with Crippen LogP contribution in [-0.2, 0) is 9.53 Å². The molecule has 0 aromatic rings. The van der Waals surface area contributed by atoms with E-state index < -0.39 is 0 Å². The lowest BCUT2D eigenvalue weighted by Crippen LogP contribution is -2.51. The number of ether oxygens (including phenoxy) is 1. The number of hydrogen-bond donors (Lipinski definition) is 0. The average molecular weight is 711 g/mol. The third-order valence-corrected chi connectivity index (χ3v) is 15.3. The molecule has 0 aromatic carbocycles. The van der Waals surface area contributed by atoms with E-state index in [1.165, 1.54) is 88.8 Å². The highest BCUT2D eigenvalue weighted by atomic mass is 32.2. The fourth-order valence-corrected chi connectivity index (χ4v) is 11.6. The minimum atomic E-state index is -0.152. The van der Waals surface area contributed by atoms with Crippen molar-refractivity contribution < 1.29 is 14.3 Å². The molecule has 0 aliphatic heterocycles. The van der Waals surface area contributed by atoms with Gasteiger partial charge < -0.3 is 9.64 Å². The molecule has 0 spiro atoms. The van der Waals surface area contributed by atoms with Gasteiger partial charge >= 0.3 is 5.97 Å². The zero-order chi connectivity index (χ0) is 36.5. The van der Waals surface area contributed by atoms with Crippen LogP contribution in [0.5, 0.6) is 0 Å². The summed E-state index contributed by atoms with van der Waals surface area (Å²) in [6.45, 7) is 15.2. The van der Waals surface area contributed by atoms with E-state index in [-0.39, 0.29) is 34.5 Å². The van der Waals surface area contributed by atoms with Crippen LogP contribution in [0, 0.1) is 58.7 Å². The first-order chi connectivity index (χ1) is 23.8. The molecule has 5 nitrogen and oxygen atoms in total. The predicted octanol–water partition coefficient (Wildman–Crippen LogP) is 11.4. The van der Waals surface area contributed by atoms with E-state index in [0.717, 1.165) is 55.8 Å². The molecule has 3 fully saturated rings. The van der Waals surface area contributed by atoms with Crippen molar-refractivity contribution >= 4 is 23.0 Å². The van der Waals surface area contributed by atoms with Crippen molar-refractivity contribution in [2.45, 2.75) is 169 Å². The van der Waals surface area contributed by atoms with Gasteiger partial charge in [-0.05, 0) is 131 Å². The minimum Gasteiger partial charge on any atom is -0.462 e. The van der Waals surface area contributed by atoms with Crippen LogP contribution in [-0.4, -0.2) is 59.7 Å². The second-order valence-corrected chi connectivity index (χ2v) is 19.2. The van der Waals surface area contributed by atoms with Gasteiger partial charge in [-0.1, -0.05) is 91.2 Å². The fraction of sp³-hybridized carbons (Fsp3) is 0.864. The third kappa shape index (κ3) is 10.1. The molecule has 284 valence electrons. The molecule has 6 heteroatoms. The van der Waals surface area contributed by atoms with Crippen LogP contribution in [0.1, 0.15) is 157 Å². The number of carbonyl (C=O) groups is 2. The zero-order valence-corrected chi connectivity index (χ0v) is 34.3. The molecule has 0 radical (unpaired) electrons. The molecule has 9 atom stereocenters. The van der Waals surface area contributed by atoms with Crippen LogP contribution >= 0.6 is 11.8 Å². The highest BCUT2D eigenvalue weighted by Crippen LogP contribution is 2.67. The van der Waals surface area contributed by atoms with Crippen LogP contribution in [0.2, 0.25) is 0 Å². The van der Waals surface area contributed by atoms with E-state index in [1.807, 2.05) is 19.0 Å². The van der Waals surface area contributed by atoms with Gasteiger partial charge in [0.05, 0.1) is 11.8 Å². The van der Waals surface area contributed by atoms with Crippen molar-refractivity contribution in [3.8, 4) is 12.3 Å². The van der Waals surface area contributed by atoms with Crippen molar-refractivity contribution in [1.82, 2.24) is 9.80 Å². The van der Waals surface area contributed by atoms with Gasteiger partial charge in [-0.25, -0.2) is 0 Å². The van der Waals surface area contributed by atoms with Gasteiger partial charge in [-0.15, -0.1) is 12.3 Å². The van der Waals surface area contributed by atoms with Crippen LogP contribution in [0.4, 0.5) is 4.79 Å². The smallest absolute Gasteiger partial charge is 0.307 e. The molecule has 4 rings (SSSR count). The molecule has 0 heterocycles. The Balaban J connectivity index is 1.32. The molecule has 1 amide bonds. The third-order valence-electron chi connectivity index (χ3n) is 14.1. The summed E-state index contributed by atoms with van der Waals surface area (Å²) in [5, 5.41) is 0.162. The van der Waals surface area contributed by atoms with Crippen molar-refractivity contribution in [3.05, 3.63) is 11.6 Å². The Labute approximate surface area is 312 Å². The molecule has 4 aliphatic rings. The maximum atomic E-state index is 13.2. The fourth-order valence-electron chi connectivity index (χ4n) is 10.8. The van der Waals surface area contributed by atoms with Gasteiger partial charge in [0.15, 0.2) is 0 Å². The number of esters is 1. The van der Waals surface area contributed by atoms with Crippen LogP contribution in [0.15, 0.2) is 11.6 Å². The van der Waals surface area contributed by atoms with E-state index in [4.69, 9.17) is 11.2 Å². The zero-order valence-electron chi connectivity index (χ0n) is 33.4. The lowest BCUT2D eigenvalue weighted by Gasteiger charge is -2.58. The molecule has 50 heavy (non-hydrogen) atoms. The topological polar surface area (TPSA) is 49.9 Å². The molecule has 0 bridgehead atoms. The largest absolute Gasteiger partial charge is 0.462 e. The number of hydrogen-bond acceptors (Lipinski definition) is 5. The Bertz CT molecular complexity index is 1180. The molecule has 4 unspecified atom stereocenters. The van der Waals surface area contributed by atoms with Gasteiger partial charge in [-0.2, -0.15) is 0 Å². The molecule has 0 aromatic heterocycles. The summed E-state index contributed by atoms with van der Waals surface area (Å²) in [7, 11) is 4.00. The number of carbonyl (C=O) groups excluding carboxylic acids is 2. The van der Waals surface area contributed by atoms with E-state index in [2.05, 4.69) is 58.4 Å². The first-order valence-electron chi connectivity index (χ1n) is 20.8. The summed E-state index contributed by atoms with van der Waals surface area (Å²) in [5.41, 5.74) is 2.14. The summed E-state index contributed by atoms with van der Waals surface area (Å²) in [5.74, 6) is 7.25. The Morgan fingerprint density at radius 2 is 1.70 bits per heavy atom. The summed E-state index contributed by atoms with van der Waals surface area (Å²) >= 11 is 1.35.